The molecular formula is C14H22N4O. The van der Waals surface area contributed by atoms with Gasteiger partial charge in [-0.15, -0.1) is 0 Å². The molecule has 2 heterocycles. The number of likely N-dealkylation sites (tertiary alicyclic amines) is 1. The van der Waals surface area contributed by atoms with Crippen LogP contribution in [0, 0.1) is 0 Å². The summed E-state index contributed by atoms with van der Waals surface area (Å²) in [7, 11) is 0. The number of nitrogens with two attached hydrogens (primary N) is 1. The lowest BCUT2D eigenvalue weighted by Gasteiger charge is -2.22. The van der Waals surface area contributed by atoms with Gasteiger partial charge in [0.1, 0.15) is 5.82 Å². The van der Waals surface area contributed by atoms with Crippen molar-refractivity contribution < 1.29 is 4.79 Å². The van der Waals surface area contributed by atoms with E-state index in [1.165, 1.54) is 0 Å². The summed E-state index contributed by atoms with van der Waals surface area (Å²) in [6.07, 6.45) is 4.02. The number of amides is 1. The van der Waals surface area contributed by atoms with Gasteiger partial charge < -0.3 is 10.3 Å². The third-order valence-electron chi connectivity index (χ3n) is 3.59. The summed E-state index contributed by atoms with van der Waals surface area (Å²) in [4.78, 5) is 18.8. The standard InChI is InChI=1S/C14H22N4O/c1-3-5-12-8-11(9-13(16-12)17-15)14(19)18-7-4-6-10(18)2/h8-10H,3-7,15H2,1-2H3,(H,16,17). The first-order valence-corrected chi connectivity index (χ1v) is 6.94. The number of carbonyl (C=O) groups is 1. The Morgan fingerprint density at radius 1 is 1.58 bits per heavy atom. The number of hydrazine groups is 1. The normalized spacial score (nSPS) is 18.7. The Labute approximate surface area is 114 Å². The van der Waals surface area contributed by atoms with E-state index in [9.17, 15) is 4.79 Å². The van der Waals surface area contributed by atoms with Crippen LogP contribution in [0.2, 0.25) is 0 Å². The van der Waals surface area contributed by atoms with Crippen LogP contribution in [0.3, 0.4) is 0 Å². The number of hydrogen-bond acceptors (Lipinski definition) is 4. The smallest absolute Gasteiger partial charge is 0.254 e. The SMILES string of the molecule is CCCc1cc(C(=O)N2CCCC2C)cc(NN)n1. The molecule has 5 nitrogen and oxygen atoms in total. The Bertz CT molecular complexity index is 461. The summed E-state index contributed by atoms with van der Waals surface area (Å²) in [6.45, 7) is 5.03. The minimum Gasteiger partial charge on any atom is -0.336 e. The van der Waals surface area contributed by atoms with Crippen molar-refractivity contribution in [3.63, 3.8) is 0 Å². The summed E-state index contributed by atoms with van der Waals surface area (Å²) in [5.41, 5.74) is 4.13. The second kappa shape index (κ2) is 6.02. The first-order chi connectivity index (χ1) is 9.15. The van der Waals surface area contributed by atoms with E-state index in [0.717, 1.165) is 37.9 Å². The van der Waals surface area contributed by atoms with Crippen LogP contribution < -0.4 is 11.3 Å². The van der Waals surface area contributed by atoms with Crippen molar-refractivity contribution in [1.82, 2.24) is 9.88 Å². The predicted molar refractivity (Wildman–Crippen MR) is 75.8 cm³/mol. The molecule has 0 bridgehead atoms. The van der Waals surface area contributed by atoms with Gasteiger partial charge in [0.05, 0.1) is 0 Å². The molecule has 1 aromatic heterocycles. The van der Waals surface area contributed by atoms with Crippen LogP contribution in [0.15, 0.2) is 12.1 Å². The second-order valence-electron chi connectivity index (χ2n) is 5.12. The summed E-state index contributed by atoms with van der Waals surface area (Å²) in [6, 6.07) is 3.94. The predicted octanol–water partition coefficient (Wildman–Crippen LogP) is 1.94. The molecule has 0 aromatic carbocycles. The Balaban J connectivity index is 2.27. The van der Waals surface area contributed by atoms with Crippen molar-refractivity contribution in [2.45, 2.75) is 45.6 Å². The van der Waals surface area contributed by atoms with Crippen LogP contribution >= 0.6 is 0 Å². The highest BCUT2D eigenvalue weighted by Crippen LogP contribution is 2.21. The van der Waals surface area contributed by atoms with E-state index < -0.39 is 0 Å². The molecule has 1 fully saturated rings. The van der Waals surface area contributed by atoms with Crippen LogP contribution in [0.5, 0.6) is 0 Å². The number of aromatic nitrogens is 1. The van der Waals surface area contributed by atoms with E-state index in [2.05, 4.69) is 24.3 Å². The Morgan fingerprint density at radius 3 is 2.95 bits per heavy atom. The van der Waals surface area contributed by atoms with Crippen molar-refractivity contribution in [2.24, 2.45) is 5.84 Å². The maximum absolute atomic E-state index is 12.5. The summed E-state index contributed by atoms with van der Waals surface area (Å²) < 4.78 is 0. The van der Waals surface area contributed by atoms with Gasteiger partial charge in [-0.3, -0.25) is 4.79 Å². The molecule has 1 unspecified atom stereocenters. The average Bonchev–Trinajstić information content (AvgIpc) is 2.84. The number of aryl methyl sites for hydroxylation is 1. The molecule has 0 aliphatic carbocycles. The molecule has 1 aliphatic rings. The fourth-order valence-electron chi connectivity index (χ4n) is 2.57. The van der Waals surface area contributed by atoms with Crippen molar-refractivity contribution >= 4 is 11.7 Å². The number of hydrogen-bond donors (Lipinski definition) is 2. The lowest BCUT2D eigenvalue weighted by atomic mass is 10.1. The summed E-state index contributed by atoms with van der Waals surface area (Å²) in [5.74, 6) is 6.07. The highest BCUT2D eigenvalue weighted by Gasteiger charge is 2.26. The Kier molecular flexibility index (Phi) is 4.37. The molecule has 2 rings (SSSR count). The molecule has 3 N–H and O–H groups in total. The monoisotopic (exact) mass is 262 g/mol. The number of carbonyl (C=O) groups excluding carboxylic acids is 1. The molecule has 0 saturated carbocycles. The van der Waals surface area contributed by atoms with Gasteiger partial charge in [0.2, 0.25) is 0 Å². The molecule has 104 valence electrons. The van der Waals surface area contributed by atoms with Gasteiger partial charge in [0.25, 0.3) is 5.91 Å². The van der Waals surface area contributed by atoms with Crippen LogP contribution in [-0.2, 0) is 6.42 Å². The highest BCUT2D eigenvalue weighted by atomic mass is 16.2. The van der Waals surface area contributed by atoms with Crippen molar-refractivity contribution in [1.29, 1.82) is 0 Å². The van der Waals surface area contributed by atoms with Crippen LogP contribution in [0.25, 0.3) is 0 Å². The molecule has 0 radical (unpaired) electrons. The minimum atomic E-state index is 0.0845. The minimum absolute atomic E-state index is 0.0845. The van der Waals surface area contributed by atoms with Gasteiger partial charge in [0, 0.05) is 23.8 Å². The zero-order chi connectivity index (χ0) is 13.8. The molecular weight excluding hydrogens is 240 g/mol. The molecule has 1 amide bonds. The Hall–Kier alpha value is -1.62. The van der Waals surface area contributed by atoms with Crippen molar-refractivity contribution in [3.8, 4) is 0 Å². The van der Waals surface area contributed by atoms with Gasteiger partial charge in [-0.05, 0) is 38.3 Å². The quantitative estimate of drug-likeness (QED) is 0.642. The average molecular weight is 262 g/mol. The summed E-state index contributed by atoms with van der Waals surface area (Å²) in [5, 5.41) is 0. The molecule has 0 spiro atoms. The molecule has 5 heteroatoms. The van der Waals surface area contributed by atoms with Gasteiger partial charge in [-0.1, -0.05) is 13.3 Å². The van der Waals surface area contributed by atoms with E-state index in [1.807, 2.05) is 11.0 Å². The van der Waals surface area contributed by atoms with E-state index in [-0.39, 0.29) is 5.91 Å². The zero-order valence-corrected chi connectivity index (χ0v) is 11.6. The topological polar surface area (TPSA) is 71.2 Å². The third-order valence-corrected chi connectivity index (χ3v) is 3.59. The third kappa shape index (κ3) is 3.04. The number of anilines is 1. The molecule has 19 heavy (non-hydrogen) atoms. The van der Waals surface area contributed by atoms with Crippen molar-refractivity contribution in [2.75, 3.05) is 12.0 Å². The van der Waals surface area contributed by atoms with Crippen molar-refractivity contribution in [3.05, 3.63) is 23.4 Å². The fraction of sp³-hybridized carbons (Fsp3) is 0.571. The maximum Gasteiger partial charge on any atom is 0.254 e. The molecule has 1 aromatic rings. The van der Waals surface area contributed by atoms with E-state index in [4.69, 9.17) is 5.84 Å². The molecule has 1 saturated heterocycles. The van der Waals surface area contributed by atoms with E-state index >= 15 is 0 Å². The zero-order valence-electron chi connectivity index (χ0n) is 11.6. The summed E-state index contributed by atoms with van der Waals surface area (Å²) >= 11 is 0. The maximum atomic E-state index is 12.5. The fourth-order valence-corrected chi connectivity index (χ4v) is 2.57. The van der Waals surface area contributed by atoms with Crippen LogP contribution in [0.1, 0.15) is 49.2 Å². The van der Waals surface area contributed by atoms with Crippen LogP contribution in [-0.4, -0.2) is 28.4 Å². The number of rotatable bonds is 4. The second-order valence-corrected chi connectivity index (χ2v) is 5.12. The number of nitrogen functional groups attached to an aromatic ring is 1. The largest absolute Gasteiger partial charge is 0.336 e. The number of pyridine rings is 1. The Morgan fingerprint density at radius 2 is 2.37 bits per heavy atom. The first kappa shape index (κ1) is 13.8. The van der Waals surface area contributed by atoms with Gasteiger partial charge in [0.15, 0.2) is 0 Å². The first-order valence-electron chi connectivity index (χ1n) is 6.94. The molecule has 1 aliphatic heterocycles. The highest BCUT2D eigenvalue weighted by molar-refractivity contribution is 5.95. The molecule has 1 atom stereocenters. The lowest BCUT2D eigenvalue weighted by molar-refractivity contribution is 0.0747. The number of nitrogens with zero attached hydrogens (tertiary/aromatic N) is 2. The van der Waals surface area contributed by atoms with Gasteiger partial charge in [-0.25, -0.2) is 10.8 Å². The lowest BCUT2D eigenvalue weighted by Crippen LogP contribution is -2.33. The van der Waals surface area contributed by atoms with Crippen LogP contribution in [0.4, 0.5) is 5.82 Å². The van der Waals surface area contributed by atoms with Gasteiger partial charge >= 0.3 is 0 Å². The number of nitrogens with one attached hydrogen (secondary N) is 1. The van der Waals surface area contributed by atoms with Gasteiger partial charge in [-0.2, -0.15) is 0 Å². The van der Waals surface area contributed by atoms with E-state index in [0.29, 0.717) is 17.4 Å². The van der Waals surface area contributed by atoms with E-state index in [1.54, 1.807) is 6.07 Å².